The first-order chi connectivity index (χ1) is 16.4. The lowest BCUT2D eigenvalue weighted by atomic mass is 9.93. The molecule has 0 bridgehead atoms. The van der Waals surface area contributed by atoms with Gasteiger partial charge < -0.3 is 19.9 Å². The van der Waals surface area contributed by atoms with E-state index in [0.717, 1.165) is 12.8 Å². The SMILES string of the molecule is O=C(NCCCc1ccc(Cl)cc1)c1ccc(Oc2cc3c(cc2Cl)C(C(=O)O)CCO3)cc1. The summed E-state index contributed by atoms with van der Waals surface area (Å²) in [5, 5.41) is 13.3. The molecule has 0 radical (unpaired) electrons. The molecule has 1 aliphatic rings. The second-order valence-corrected chi connectivity index (χ2v) is 8.80. The number of amides is 1. The zero-order valence-electron chi connectivity index (χ0n) is 18.2. The molecule has 4 rings (SSSR count). The van der Waals surface area contributed by atoms with Crippen LogP contribution in [-0.4, -0.2) is 30.1 Å². The van der Waals surface area contributed by atoms with Gasteiger partial charge in [0.25, 0.3) is 5.91 Å². The zero-order valence-corrected chi connectivity index (χ0v) is 19.7. The Kier molecular flexibility index (Phi) is 7.60. The van der Waals surface area contributed by atoms with Gasteiger partial charge in [-0.05, 0) is 67.3 Å². The number of aryl methyl sites for hydroxylation is 1. The van der Waals surface area contributed by atoms with Gasteiger partial charge in [-0.15, -0.1) is 0 Å². The number of carboxylic acids is 1. The van der Waals surface area contributed by atoms with Crippen molar-refractivity contribution in [3.63, 3.8) is 0 Å². The van der Waals surface area contributed by atoms with Gasteiger partial charge in [0.2, 0.25) is 0 Å². The van der Waals surface area contributed by atoms with Gasteiger partial charge in [0, 0.05) is 28.8 Å². The fraction of sp³-hybridized carbons (Fsp3) is 0.231. The molecule has 1 heterocycles. The molecular formula is C26H23Cl2NO5. The number of aliphatic carboxylic acids is 1. The highest BCUT2D eigenvalue weighted by Crippen LogP contribution is 2.41. The second-order valence-electron chi connectivity index (χ2n) is 7.96. The quantitative estimate of drug-likeness (QED) is 0.365. The van der Waals surface area contributed by atoms with E-state index in [-0.39, 0.29) is 10.9 Å². The normalized spacial score (nSPS) is 14.6. The number of fused-ring (bicyclic) bond motifs is 1. The summed E-state index contributed by atoms with van der Waals surface area (Å²) >= 11 is 12.2. The van der Waals surface area contributed by atoms with Gasteiger partial charge in [0.05, 0.1) is 17.5 Å². The van der Waals surface area contributed by atoms with Crippen molar-refractivity contribution in [2.45, 2.75) is 25.2 Å². The van der Waals surface area contributed by atoms with E-state index < -0.39 is 11.9 Å². The molecule has 0 spiro atoms. The van der Waals surface area contributed by atoms with Crippen molar-refractivity contribution in [2.24, 2.45) is 0 Å². The van der Waals surface area contributed by atoms with Gasteiger partial charge in [-0.3, -0.25) is 9.59 Å². The van der Waals surface area contributed by atoms with E-state index >= 15 is 0 Å². The Morgan fingerprint density at radius 2 is 1.79 bits per heavy atom. The van der Waals surface area contributed by atoms with E-state index in [0.29, 0.717) is 53.0 Å². The fourth-order valence-corrected chi connectivity index (χ4v) is 4.11. The molecule has 176 valence electrons. The molecule has 0 aliphatic carbocycles. The van der Waals surface area contributed by atoms with Crippen LogP contribution in [-0.2, 0) is 11.2 Å². The molecule has 0 aromatic heterocycles. The van der Waals surface area contributed by atoms with E-state index in [4.69, 9.17) is 32.7 Å². The van der Waals surface area contributed by atoms with Crippen LogP contribution in [0.3, 0.4) is 0 Å². The lowest BCUT2D eigenvalue weighted by Gasteiger charge is -2.24. The van der Waals surface area contributed by atoms with Crippen molar-refractivity contribution < 1.29 is 24.2 Å². The minimum atomic E-state index is -0.909. The van der Waals surface area contributed by atoms with Crippen LogP contribution >= 0.6 is 23.2 Å². The predicted molar refractivity (Wildman–Crippen MR) is 131 cm³/mol. The molecule has 8 heteroatoms. The van der Waals surface area contributed by atoms with Crippen molar-refractivity contribution in [1.29, 1.82) is 0 Å². The topological polar surface area (TPSA) is 84.9 Å². The Balaban J connectivity index is 1.33. The van der Waals surface area contributed by atoms with E-state index in [1.54, 1.807) is 36.4 Å². The van der Waals surface area contributed by atoms with Crippen LogP contribution in [0.1, 0.15) is 40.2 Å². The van der Waals surface area contributed by atoms with Crippen molar-refractivity contribution in [3.05, 3.63) is 87.4 Å². The van der Waals surface area contributed by atoms with Gasteiger partial charge >= 0.3 is 5.97 Å². The fourth-order valence-electron chi connectivity index (χ4n) is 3.77. The van der Waals surface area contributed by atoms with Crippen molar-refractivity contribution in [2.75, 3.05) is 13.2 Å². The average molecular weight is 500 g/mol. The summed E-state index contributed by atoms with van der Waals surface area (Å²) in [7, 11) is 0. The Morgan fingerprint density at radius 1 is 1.06 bits per heavy atom. The van der Waals surface area contributed by atoms with Gasteiger partial charge in [-0.1, -0.05) is 35.3 Å². The van der Waals surface area contributed by atoms with Crippen molar-refractivity contribution >= 4 is 35.1 Å². The average Bonchev–Trinajstić information content (AvgIpc) is 2.83. The predicted octanol–water partition coefficient (Wildman–Crippen LogP) is 6.10. The number of benzene rings is 3. The lowest BCUT2D eigenvalue weighted by molar-refractivity contribution is -0.139. The second kappa shape index (κ2) is 10.8. The molecule has 2 N–H and O–H groups in total. The minimum absolute atomic E-state index is 0.164. The van der Waals surface area contributed by atoms with E-state index in [1.165, 1.54) is 5.56 Å². The Labute approximate surface area is 207 Å². The molecule has 3 aromatic carbocycles. The number of rotatable bonds is 8. The first kappa shape index (κ1) is 23.9. The molecule has 0 fully saturated rings. The van der Waals surface area contributed by atoms with Gasteiger partial charge in [-0.25, -0.2) is 0 Å². The summed E-state index contributed by atoms with van der Waals surface area (Å²) in [6, 6.07) is 17.6. The maximum absolute atomic E-state index is 12.4. The number of carbonyl (C=O) groups is 2. The van der Waals surface area contributed by atoms with Crippen LogP contribution in [0.4, 0.5) is 0 Å². The maximum atomic E-state index is 12.4. The molecule has 1 atom stereocenters. The van der Waals surface area contributed by atoms with Crippen LogP contribution in [0.5, 0.6) is 17.2 Å². The van der Waals surface area contributed by atoms with E-state index in [1.807, 2.05) is 24.3 Å². The van der Waals surface area contributed by atoms with Gasteiger partial charge in [-0.2, -0.15) is 0 Å². The molecule has 34 heavy (non-hydrogen) atoms. The monoisotopic (exact) mass is 499 g/mol. The van der Waals surface area contributed by atoms with E-state index in [9.17, 15) is 14.7 Å². The van der Waals surface area contributed by atoms with Crippen LogP contribution in [0, 0.1) is 0 Å². The maximum Gasteiger partial charge on any atom is 0.311 e. The molecule has 0 saturated carbocycles. The summed E-state index contributed by atoms with van der Waals surface area (Å²) in [4.78, 5) is 23.9. The standard InChI is InChI=1S/C26H23Cl2NO5/c27-18-7-3-16(4-8-18)2-1-12-29-25(30)17-5-9-19(10-6-17)34-24-15-23-21(14-22(24)28)20(26(31)32)11-13-33-23/h3-10,14-15,20H,1-2,11-13H2,(H,29,30)(H,31,32). The number of halogens is 2. The first-order valence-corrected chi connectivity index (χ1v) is 11.7. The van der Waals surface area contributed by atoms with Crippen molar-refractivity contribution in [1.82, 2.24) is 5.32 Å². The number of carbonyl (C=O) groups excluding carboxylic acids is 1. The smallest absolute Gasteiger partial charge is 0.311 e. The highest BCUT2D eigenvalue weighted by atomic mass is 35.5. The first-order valence-electron chi connectivity index (χ1n) is 10.9. The van der Waals surface area contributed by atoms with Crippen LogP contribution < -0.4 is 14.8 Å². The van der Waals surface area contributed by atoms with Gasteiger partial charge in [0.1, 0.15) is 17.2 Å². The number of ether oxygens (including phenoxy) is 2. The molecule has 0 saturated heterocycles. The molecule has 6 nitrogen and oxygen atoms in total. The highest BCUT2D eigenvalue weighted by molar-refractivity contribution is 6.32. The van der Waals surface area contributed by atoms with Gasteiger partial charge in [0.15, 0.2) is 0 Å². The molecule has 1 aliphatic heterocycles. The molecule has 3 aromatic rings. The summed E-state index contributed by atoms with van der Waals surface area (Å²) in [6.07, 6.45) is 2.06. The number of carboxylic acid groups (broad SMARTS) is 1. The third-order valence-electron chi connectivity index (χ3n) is 5.59. The Bertz CT molecular complexity index is 1180. The summed E-state index contributed by atoms with van der Waals surface area (Å²) in [5.74, 6) is -0.430. The summed E-state index contributed by atoms with van der Waals surface area (Å²) in [6.45, 7) is 0.871. The molecule has 1 unspecified atom stereocenters. The zero-order chi connectivity index (χ0) is 24.1. The Hall–Kier alpha value is -3.22. The minimum Gasteiger partial charge on any atom is -0.493 e. The number of hydrogen-bond donors (Lipinski definition) is 2. The number of hydrogen-bond acceptors (Lipinski definition) is 4. The van der Waals surface area contributed by atoms with Crippen LogP contribution in [0.2, 0.25) is 10.0 Å². The van der Waals surface area contributed by atoms with Crippen molar-refractivity contribution in [3.8, 4) is 17.2 Å². The van der Waals surface area contributed by atoms with Crippen LogP contribution in [0.25, 0.3) is 0 Å². The molecular weight excluding hydrogens is 477 g/mol. The van der Waals surface area contributed by atoms with Crippen LogP contribution in [0.15, 0.2) is 60.7 Å². The lowest BCUT2D eigenvalue weighted by Crippen LogP contribution is -2.24. The summed E-state index contributed by atoms with van der Waals surface area (Å²) < 4.78 is 11.5. The van der Waals surface area contributed by atoms with E-state index in [2.05, 4.69) is 5.32 Å². The largest absolute Gasteiger partial charge is 0.493 e. The number of nitrogens with one attached hydrogen (secondary N) is 1. The molecule has 1 amide bonds. The highest BCUT2D eigenvalue weighted by Gasteiger charge is 2.29. The Morgan fingerprint density at radius 3 is 2.50 bits per heavy atom. The summed E-state index contributed by atoms with van der Waals surface area (Å²) in [5.41, 5.74) is 2.23. The third-order valence-corrected chi connectivity index (χ3v) is 6.13. The third kappa shape index (κ3) is 5.82.